The third-order valence-electron chi connectivity index (χ3n) is 7.87. The maximum Gasteiger partial charge on any atom is 0.162 e. The van der Waals surface area contributed by atoms with Crippen LogP contribution in [0.5, 0.6) is 0 Å². The van der Waals surface area contributed by atoms with Crippen LogP contribution in [0.4, 0.5) is 0 Å². The molecule has 0 spiro atoms. The minimum Gasteiger partial charge on any atom is -0.512 e. The predicted octanol–water partition coefficient (Wildman–Crippen LogP) is 10.5. The summed E-state index contributed by atoms with van der Waals surface area (Å²) in [6.07, 6.45) is 4.91. The first-order chi connectivity index (χ1) is 19.8. The minimum atomic E-state index is 0. The molecular weight excluding hydrogens is 717 g/mol. The van der Waals surface area contributed by atoms with Gasteiger partial charge in [0.25, 0.3) is 0 Å². The summed E-state index contributed by atoms with van der Waals surface area (Å²) in [6, 6.07) is 24.8. The number of hydrogen-bond donors (Lipinski definition) is 1. The maximum absolute atomic E-state index is 11.7. The monoisotopic (exact) mass is 758 g/mol. The van der Waals surface area contributed by atoms with Gasteiger partial charge in [-0.15, -0.1) is 23.6 Å². The number of allylic oxidation sites excluding steroid dienone is 2. The van der Waals surface area contributed by atoms with Gasteiger partial charge >= 0.3 is 0 Å². The van der Waals surface area contributed by atoms with Crippen molar-refractivity contribution < 1.29 is 30.0 Å². The largest absolute Gasteiger partial charge is 0.512 e. The van der Waals surface area contributed by atoms with Crippen molar-refractivity contribution in [3.63, 3.8) is 0 Å². The maximum atomic E-state index is 11.7. The van der Waals surface area contributed by atoms with Crippen LogP contribution in [0.1, 0.15) is 78.8 Å². The zero-order valence-corrected chi connectivity index (χ0v) is 28.6. The summed E-state index contributed by atoms with van der Waals surface area (Å²) >= 11 is 1.73. The van der Waals surface area contributed by atoms with Gasteiger partial charge in [0.05, 0.1) is 11.5 Å². The minimum absolute atomic E-state index is 0. The Balaban J connectivity index is 0.000000263. The van der Waals surface area contributed by atoms with Gasteiger partial charge in [-0.3, -0.25) is 4.79 Å². The topological polar surface area (TPSA) is 63.1 Å². The first kappa shape index (κ1) is 33.6. The summed E-state index contributed by atoms with van der Waals surface area (Å²) in [4.78, 5) is 12.8. The number of carbonyl (C=O) groups is 1. The van der Waals surface area contributed by atoms with Crippen LogP contribution in [0.3, 0.4) is 0 Å². The van der Waals surface area contributed by atoms with Crippen molar-refractivity contribution in [1.82, 2.24) is 10.2 Å². The van der Waals surface area contributed by atoms with Gasteiger partial charge in [-0.25, -0.2) is 11.3 Å². The van der Waals surface area contributed by atoms with E-state index in [1.54, 1.807) is 11.3 Å². The fraction of sp³-hybridized carbons (Fsp3) is 0.361. The third kappa shape index (κ3) is 7.53. The van der Waals surface area contributed by atoms with E-state index in [1.165, 1.54) is 26.9 Å². The van der Waals surface area contributed by atoms with Gasteiger partial charge in [0, 0.05) is 43.7 Å². The molecule has 0 saturated heterocycles. The Labute approximate surface area is 267 Å². The van der Waals surface area contributed by atoms with Crippen molar-refractivity contribution in [3.05, 3.63) is 84.3 Å². The normalized spacial score (nSPS) is 11.8. The van der Waals surface area contributed by atoms with E-state index >= 15 is 0 Å². The number of ketones is 1. The average Bonchev–Trinajstić information content (AvgIpc) is 3.41. The molecule has 0 amide bonds. The van der Waals surface area contributed by atoms with E-state index in [1.807, 2.05) is 27.7 Å². The van der Waals surface area contributed by atoms with E-state index in [4.69, 9.17) is 0 Å². The molecule has 0 fully saturated rings. The Morgan fingerprint density at radius 2 is 1.43 bits per heavy atom. The number of rotatable bonds is 9. The number of aromatic nitrogens is 2. The molecule has 0 aliphatic rings. The fourth-order valence-electron chi connectivity index (χ4n) is 5.26. The summed E-state index contributed by atoms with van der Waals surface area (Å²) in [5.74, 6) is 0.873. The molecule has 6 heteroatoms. The molecule has 3 aromatic carbocycles. The number of thiophene rings is 1. The quantitative estimate of drug-likeness (QED) is 0.0704. The van der Waals surface area contributed by atoms with Gasteiger partial charge in [-0.2, -0.15) is 10.2 Å². The Morgan fingerprint density at radius 3 is 2.00 bits per heavy atom. The van der Waals surface area contributed by atoms with E-state index in [0.717, 1.165) is 52.7 Å². The molecule has 0 aliphatic carbocycles. The summed E-state index contributed by atoms with van der Waals surface area (Å²) in [6.45, 7) is 12.4. The Kier molecular flexibility index (Phi) is 12.4. The molecular formula is C36H41IrN2O2S-. The van der Waals surface area contributed by atoms with Crippen molar-refractivity contribution in [2.75, 3.05) is 0 Å². The zero-order chi connectivity index (χ0) is 29.5. The van der Waals surface area contributed by atoms with Crippen molar-refractivity contribution in [3.8, 4) is 10.6 Å². The van der Waals surface area contributed by atoms with Crippen molar-refractivity contribution in [2.45, 2.75) is 73.1 Å². The molecule has 0 aliphatic heterocycles. The Morgan fingerprint density at radius 1 is 0.857 bits per heavy atom. The van der Waals surface area contributed by atoms with Gasteiger partial charge in [-0.05, 0) is 68.8 Å². The molecule has 0 atom stereocenters. The van der Waals surface area contributed by atoms with Crippen LogP contribution in [0.25, 0.3) is 42.2 Å². The number of nitrogens with zero attached hydrogens (tertiary/aromatic N) is 2. The molecule has 4 nitrogen and oxygen atoms in total. The van der Waals surface area contributed by atoms with Crippen molar-refractivity contribution in [1.29, 1.82) is 0 Å². The number of aliphatic hydroxyl groups is 1. The number of hydrogen-bond acceptors (Lipinski definition) is 5. The molecule has 223 valence electrons. The van der Waals surface area contributed by atoms with Crippen molar-refractivity contribution >= 4 is 48.8 Å². The molecule has 5 aromatic rings. The smallest absolute Gasteiger partial charge is 0.162 e. The van der Waals surface area contributed by atoms with Crippen LogP contribution in [0.15, 0.2) is 72.5 Å². The van der Waals surface area contributed by atoms with Crippen LogP contribution in [-0.2, 0) is 24.9 Å². The van der Waals surface area contributed by atoms with Crippen LogP contribution in [0, 0.1) is 17.9 Å². The molecule has 1 N–H and O–H groups in total. The first-order valence-electron chi connectivity index (χ1n) is 14.9. The molecule has 0 bridgehead atoms. The van der Waals surface area contributed by atoms with E-state index in [9.17, 15) is 9.90 Å². The fourth-order valence-corrected chi connectivity index (χ4v) is 6.26. The Bertz CT molecular complexity index is 1630. The van der Waals surface area contributed by atoms with E-state index < -0.39 is 0 Å². The van der Waals surface area contributed by atoms with Crippen LogP contribution < -0.4 is 0 Å². The van der Waals surface area contributed by atoms with E-state index in [2.05, 4.69) is 90.8 Å². The van der Waals surface area contributed by atoms with Gasteiger partial charge in [0.15, 0.2) is 5.78 Å². The Hall–Kier alpha value is -2.92. The van der Waals surface area contributed by atoms with Gasteiger partial charge < -0.3 is 5.11 Å². The average molecular weight is 758 g/mol. The number of benzene rings is 3. The molecule has 0 saturated carbocycles. The second-order valence-corrected chi connectivity index (χ2v) is 11.9. The van der Waals surface area contributed by atoms with Crippen LogP contribution in [-0.4, -0.2) is 21.1 Å². The van der Waals surface area contributed by atoms with Crippen molar-refractivity contribution in [2.24, 2.45) is 11.8 Å². The number of carbonyl (C=O) groups excluding carboxylic acids is 1. The SMILES string of the molecule is CC(C)c1nnc(-c2[c-]c3ccccc3s2)c2cc3ccccc3cc12.CCC(CC)C(=O)/C=C(\O)C(CC)CC.[Ir]. The molecule has 1 radical (unpaired) electrons. The second-order valence-electron chi connectivity index (χ2n) is 10.9. The molecule has 5 rings (SSSR count). The zero-order valence-electron chi connectivity index (χ0n) is 25.4. The number of fused-ring (bicyclic) bond motifs is 3. The van der Waals surface area contributed by atoms with E-state index in [-0.39, 0.29) is 43.5 Å². The van der Waals surface area contributed by atoms with Gasteiger partial charge in [0.2, 0.25) is 0 Å². The molecule has 0 unspecified atom stereocenters. The number of aliphatic hydroxyl groups excluding tert-OH is 1. The first-order valence-corrected chi connectivity index (χ1v) is 15.7. The third-order valence-corrected chi connectivity index (χ3v) is 8.94. The second kappa shape index (κ2) is 15.5. The van der Waals surface area contributed by atoms with Crippen LogP contribution in [0.2, 0.25) is 0 Å². The summed E-state index contributed by atoms with van der Waals surface area (Å²) in [7, 11) is 0. The molecule has 2 heterocycles. The molecule has 2 aromatic heterocycles. The standard InChI is InChI=1S/C23H17N2S.C13H24O2.Ir/c1-14(2)22-18-11-15-7-3-4-8-16(15)12-19(18)23(25-24-22)21-13-17-9-5-6-10-20(17)26-21;1-5-10(6-2)12(14)9-13(15)11(7-3)8-4;/h3-12,14H,1-2H3;9-11,14H,5-8H2,1-4H3;/q-1;;/b;12-9-;. The predicted molar refractivity (Wildman–Crippen MR) is 175 cm³/mol. The van der Waals surface area contributed by atoms with Gasteiger partial charge in [-0.1, -0.05) is 84.0 Å². The van der Waals surface area contributed by atoms with Crippen LogP contribution >= 0.6 is 11.3 Å². The van der Waals surface area contributed by atoms with E-state index in [0.29, 0.717) is 5.92 Å². The van der Waals surface area contributed by atoms with Gasteiger partial charge in [0.1, 0.15) is 0 Å². The summed E-state index contributed by atoms with van der Waals surface area (Å²) < 4.78 is 1.23. The summed E-state index contributed by atoms with van der Waals surface area (Å²) in [5.41, 5.74) is 1.98. The molecule has 42 heavy (non-hydrogen) atoms. The summed E-state index contributed by atoms with van der Waals surface area (Å²) in [5, 5.41) is 24.9.